The van der Waals surface area contributed by atoms with Crippen molar-refractivity contribution in [1.29, 1.82) is 0 Å². The maximum Gasteiger partial charge on any atom is 0.330 e. The van der Waals surface area contributed by atoms with Gasteiger partial charge < -0.3 is 14.2 Å². The third-order valence-electron chi connectivity index (χ3n) is 2.58. The van der Waals surface area contributed by atoms with Crippen LogP contribution in [0.4, 0.5) is 0 Å². The lowest BCUT2D eigenvalue weighted by Crippen LogP contribution is -2.37. The Balaban J connectivity index is 5.01. The first-order valence-corrected chi connectivity index (χ1v) is 5.80. The predicted octanol–water partition coefficient (Wildman–Crippen LogP) is 0.887. The molecule has 6 nitrogen and oxygen atoms in total. The Morgan fingerprint density at radius 2 is 1.68 bits per heavy atom. The number of esters is 2. The molecule has 108 valence electrons. The number of carbonyl (C=O) groups excluding carboxylic acids is 3. The first kappa shape index (κ1) is 17.3. The van der Waals surface area contributed by atoms with Gasteiger partial charge in [-0.1, -0.05) is 6.92 Å². The Morgan fingerprint density at radius 3 is 2.05 bits per heavy atom. The molecule has 0 fully saturated rings. The Labute approximate surface area is 112 Å². The molecule has 0 bridgehead atoms. The fourth-order valence-electron chi connectivity index (χ4n) is 1.68. The molecule has 6 heteroatoms. The maximum absolute atomic E-state index is 11.4. The zero-order valence-electron chi connectivity index (χ0n) is 11.8. The second-order valence-electron chi connectivity index (χ2n) is 4.08. The van der Waals surface area contributed by atoms with Crippen LogP contribution in [0.15, 0.2) is 12.2 Å². The molecule has 0 saturated carbocycles. The number of carbonyl (C=O) groups is 3. The largest absolute Gasteiger partial charge is 0.466 e. The summed E-state index contributed by atoms with van der Waals surface area (Å²) in [6, 6.07) is 0. The molecule has 0 saturated heterocycles. The summed E-state index contributed by atoms with van der Waals surface area (Å²) in [6.07, 6.45) is 1.07. The summed E-state index contributed by atoms with van der Waals surface area (Å²) in [7, 11) is 2.64. The molecule has 0 spiro atoms. The van der Waals surface area contributed by atoms with Crippen LogP contribution in [0.1, 0.15) is 20.8 Å². The zero-order valence-corrected chi connectivity index (χ0v) is 11.8. The van der Waals surface area contributed by atoms with E-state index < -0.39 is 30.1 Å². The topological polar surface area (TPSA) is 78.9 Å². The normalized spacial score (nSPS) is 15.6. The third-order valence-corrected chi connectivity index (χ3v) is 2.58. The van der Waals surface area contributed by atoms with Gasteiger partial charge in [0.1, 0.15) is 12.2 Å². The highest BCUT2D eigenvalue weighted by atomic mass is 16.5. The van der Waals surface area contributed by atoms with Crippen molar-refractivity contribution in [2.45, 2.75) is 33.0 Å². The van der Waals surface area contributed by atoms with Crippen LogP contribution in [0.25, 0.3) is 0 Å². The minimum Gasteiger partial charge on any atom is -0.466 e. The van der Waals surface area contributed by atoms with Crippen LogP contribution < -0.4 is 0 Å². The van der Waals surface area contributed by atoms with E-state index in [1.807, 2.05) is 0 Å². The van der Waals surface area contributed by atoms with Crippen LogP contribution >= 0.6 is 0 Å². The van der Waals surface area contributed by atoms with Gasteiger partial charge in [-0.2, -0.15) is 0 Å². The van der Waals surface area contributed by atoms with E-state index in [9.17, 15) is 14.4 Å². The SMILES string of the molecule is COC(=O)/C=C/[C@@H](OC(C)=O)[C@@H](C)[C@@H](OC)C(C)=O. The molecule has 3 atom stereocenters. The lowest BCUT2D eigenvalue weighted by molar-refractivity contribution is -0.151. The van der Waals surface area contributed by atoms with Crippen LogP contribution in [0.2, 0.25) is 0 Å². The number of hydrogen-bond acceptors (Lipinski definition) is 6. The number of Topliss-reactive ketones (excluding diaryl/α,β-unsaturated/α-hetero) is 1. The molecule has 0 aromatic carbocycles. The van der Waals surface area contributed by atoms with E-state index in [1.54, 1.807) is 6.92 Å². The first-order valence-electron chi connectivity index (χ1n) is 5.80. The van der Waals surface area contributed by atoms with Crippen LogP contribution in [0, 0.1) is 5.92 Å². The monoisotopic (exact) mass is 272 g/mol. The molecule has 0 radical (unpaired) electrons. The Kier molecular flexibility index (Phi) is 7.67. The number of methoxy groups -OCH3 is 2. The molecule has 0 rings (SSSR count). The van der Waals surface area contributed by atoms with Crippen LogP contribution in [-0.4, -0.2) is 44.1 Å². The average molecular weight is 272 g/mol. The van der Waals surface area contributed by atoms with E-state index in [0.29, 0.717) is 0 Å². The van der Waals surface area contributed by atoms with Gasteiger partial charge in [0.15, 0.2) is 5.78 Å². The third kappa shape index (κ3) is 6.15. The number of ketones is 1. The molecule has 19 heavy (non-hydrogen) atoms. The predicted molar refractivity (Wildman–Crippen MR) is 67.4 cm³/mol. The highest BCUT2D eigenvalue weighted by Crippen LogP contribution is 2.17. The molecule has 0 amide bonds. The highest BCUT2D eigenvalue weighted by molar-refractivity contribution is 5.82. The molecular formula is C13H20O6. The summed E-state index contributed by atoms with van der Waals surface area (Å²) >= 11 is 0. The van der Waals surface area contributed by atoms with Crippen molar-refractivity contribution < 1.29 is 28.6 Å². The summed E-state index contributed by atoms with van der Waals surface area (Å²) in [6.45, 7) is 4.34. The summed E-state index contributed by atoms with van der Waals surface area (Å²) in [5.41, 5.74) is 0. The van der Waals surface area contributed by atoms with E-state index in [-0.39, 0.29) is 5.78 Å². The van der Waals surface area contributed by atoms with E-state index in [1.165, 1.54) is 34.1 Å². The number of hydrogen-bond donors (Lipinski definition) is 0. The summed E-state index contributed by atoms with van der Waals surface area (Å²) in [4.78, 5) is 33.5. The Bertz CT molecular complexity index is 360. The number of ether oxygens (including phenoxy) is 3. The molecule has 0 aromatic heterocycles. The minimum atomic E-state index is -0.745. The average Bonchev–Trinajstić information content (AvgIpc) is 2.33. The molecule has 0 heterocycles. The molecule has 0 N–H and O–H groups in total. The van der Waals surface area contributed by atoms with Gasteiger partial charge in [0.2, 0.25) is 0 Å². The van der Waals surface area contributed by atoms with Crippen molar-refractivity contribution in [3.8, 4) is 0 Å². The van der Waals surface area contributed by atoms with Crippen LogP contribution in [0.3, 0.4) is 0 Å². The van der Waals surface area contributed by atoms with Crippen molar-refractivity contribution >= 4 is 17.7 Å². The van der Waals surface area contributed by atoms with Crippen molar-refractivity contribution in [2.75, 3.05) is 14.2 Å². The fourth-order valence-corrected chi connectivity index (χ4v) is 1.68. The maximum atomic E-state index is 11.4. The lowest BCUT2D eigenvalue weighted by atomic mass is 9.94. The van der Waals surface area contributed by atoms with E-state index in [4.69, 9.17) is 9.47 Å². The quantitative estimate of drug-likeness (QED) is 0.506. The van der Waals surface area contributed by atoms with Gasteiger partial charge in [0.25, 0.3) is 0 Å². The standard InChI is InChI=1S/C13H20O6/c1-8(13(18-5)9(2)14)11(19-10(3)15)6-7-12(16)17-4/h6-8,11,13H,1-5H3/b7-6+/t8-,11-,13-/m1/s1. The Morgan fingerprint density at radius 1 is 1.11 bits per heavy atom. The smallest absolute Gasteiger partial charge is 0.330 e. The fraction of sp³-hybridized carbons (Fsp3) is 0.615. The summed E-state index contributed by atoms with van der Waals surface area (Å²) in [5, 5.41) is 0. The van der Waals surface area contributed by atoms with E-state index >= 15 is 0 Å². The van der Waals surface area contributed by atoms with Crippen LogP contribution in [0.5, 0.6) is 0 Å². The summed E-state index contributed by atoms with van der Waals surface area (Å²) in [5.74, 6) is -1.68. The van der Waals surface area contributed by atoms with Gasteiger partial charge in [0.05, 0.1) is 7.11 Å². The molecule has 0 aliphatic heterocycles. The van der Waals surface area contributed by atoms with Crippen molar-refractivity contribution in [3.63, 3.8) is 0 Å². The molecule has 0 unspecified atom stereocenters. The van der Waals surface area contributed by atoms with E-state index in [0.717, 1.165) is 6.08 Å². The molecular weight excluding hydrogens is 252 g/mol. The minimum absolute atomic E-state index is 0.182. The molecule has 0 aliphatic carbocycles. The second-order valence-corrected chi connectivity index (χ2v) is 4.08. The number of rotatable bonds is 7. The van der Waals surface area contributed by atoms with Gasteiger partial charge in [-0.3, -0.25) is 9.59 Å². The first-order chi connectivity index (χ1) is 8.83. The van der Waals surface area contributed by atoms with E-state index in [2.05, 4.69) is 4.74 Å². The zero-order chi connectivity index (χ0) is 15.0. The second kappa shape index (κ2) is 8.42. The lowest BCUT2D eigenvalue weighted by Gasteiger charge is -2.26. The Hall–Kier alpha value is -1.69. The van der Waals surface area contributed by atoms with Crippen molar-refractivity contribution in [1.82, 2.24) is 0 Å². The van der Waals surface area contributed by atoms with Gasteiger partial charge >= 0.3 is 11.9 Å². The molecule has 0 aliphatic rings. The van der Waals surface area contributed by atoms with Gasteiger partial charge in [-0.15, -0.1) is 0 Å². The van der Waals surface area contributed by atoms with Gasteiger partial charge in [0, 0.05) is 26.0 Å². The molecule has 0 aromatic rings. The van der Waals surface area contributed by atoms with Crippen molar-refractivity contribution in [2.24, 2.45) is 5.92 Å². The summed E-state index contributed by atoms with van der Waals surface area (Å²) < 4.78 is 14.6. The van der Waals surface area contributed by atoms with Crippen molar-refractivity contribution in [3.05, 3.63) is 12.2 Å². The van der Waals surface area contributed by atoms with Crippen LogP contribution in [-0.2, 0) is 28.6 Å². The van der Waals surface area contributed by atoms with Gasteiger partial charge in [-0.05, 0) is 13.0 Å². The highest BCUT2D eigenvalue weighted by Gasteiger charge is 2.29. The van der Waals surface area contributed by atoms with Gasteiger partial charge in [-0.25, -0.2) is 4.79 Å².